The van der Waals surface area contributed by atoms with Gasteiger partial charge in [0.2, 0.25) is 5.91 Å². The van der Waals surface area contributed by atoms with Crippen molar-refractivity contribution >= 4 is 40.2 Å². The predicted molar refractivity (Wildman–Crippen MR) is 148 cm³/mol. The first-order chi connectivity index (χ1) is 18.4. The summed E-state index contributed by atoms with van der Waals surface area (Å²) in [5, 5.41) is 7.16. The summed E-state index contributed by atoms with van der Waals surface area (Å²) < 4.78 is 16.5. The molecule has 0 unspecified atom stereocenters. The van der Waals surface area contributed by atoms with Crippen molar-refractivity contribution in [2.24, 2.45) is 4.99 Å². The second-order valence-electron chi connectivity index (χ2n) is 8.77. The number of amidine groups is 1. The van der Waals surface area contributed by atoms with Crippen molar-refractivity contribution in [3.05, 3.63) is 90.0 Å². The summed E-state index contributed by atoms with van der Waals surface area (Å²) in [6.07, 6.45) is 3.26. The number of aromatic nitrogens is 3. The van der Waals surface area contributed by atoms with E-state index in [1.54, 1.807) is 17.1 Å². The molecule has 0 spiro atoms. The van der Waals surface area contributed by atoms with Crippen molar-refractivity contribution in [2.75, 3.05) is 16.0 Å². The van der Waals surface area contributed by atoms with Crippen LogP contribution in [-0.4, -0.2) is 37.6 Å². The smallest absolute Gasteiger partial charge is 0.303 e. The van der Waals surface area contributed by atoms with Gasteiger partial charge in [-0.3, -0.25) is 9.69 Å². The number of thioether (sulfide) groups is 1. The van der Waals surface area contributed by atoms with Crippen molar-refractivity contribution in [1.82, 2.24) is 14.8 Å². The number of carbonyl (C=O) groups excluding carboxylic acids is 2. The number of halogens is 1. The summed E-state index contributed by atoms with van der Waals surface area (Å²) in [6, 6.07) is 18.9. The van der Waals surface area contributed by atoms with Crippen molar-refractivity contribution in [3.8, 4) is 17.1 Å². The summed E-state index contributed by atoms with van der Waals surface area (Å²) >= 11 is 1.18. The average molecular weight is 529 g/mol. The van der Waals surface area contributed by atoms with Gasteiger partial charge in [-0.25, -0.2) is 18.9 Å². The third-order valence-corrected chi connectivity index (χ3v) is 6.87. The molecule has 3 aromatic carbocycles. The molecule has 4 aromatic rings. The monoisotopic (exact) mass is 528 g/mol. The predicted octanol–water partition coefficient (Wildman–Crippen LogP) is 6.00. The van der Waals surface area contributed by atoms with Crippen molar-refractivity contribution in [2.45, 2.75) is 26.7 Å². The van der Waals surface area contributed by atoms with Crippen LogP contribution in [-0.2, 0) is 11.2 Å². The SMILES string of the molecule is CCCc1ccc(C)cc1N1C(=O)CSC1=NC(=O)Nc1ccc(-c2ncn(-c3ccccc3)n2)cc1F. The topological polar surface area (TPSA) is 92.5 Å². The Balaban J connectivity index is 1.34. The molecule has 8 nitrogen and oxygen atoms in total. The molecule has 1 aromatic heterocycles. The van der Waals surface area contributed by atoms with Crippen LogP contribution in [0.1, 0.15) is 24.5 Å². The fourth-order valence-corrected chi connectivity index (χ4v) is 4.99. The van der Waals surface area contributed by atoms with Gasteiger partial charge in [0.15, 0.2) is 11.0 Å². The normalized spacial score (nSPS) is 14.3. The number of amides is 3. The summed E-state index contributed by atoms with van der Waals surface area (Å²) in [5.41, 5.74) is 4.00. The van der Waals surface area contributed by atoms with E-state index in [0.29, 0.717) is 11.4 Å². The average Bonchev–Trinajstić information content (AvgIpc) is 3.54. The molecule has 1 fully saturated rings. The van der Waals surface area contributed by atoms with Crippen LogP contribution in [0.5, 0.6) is 0 Å². The number of para-hydroxylation sites is 1. The zero-order valence-electron chi connectivity index (χ0n) is 20.9. The summed E-state index contributed by atoms with van der Waals surface area (Å²) in [4.78, 5) is 35.3. The summed E-state index contributed by atoms with van der Waals surface area (Å²) in [7, 11) is 0. The highest BCUT2D eigenvalue weighted by Gasteiger charge is 2.32. The van der Waals surface area contributed by atoms with Gasteiger partial charge in [-0.15, -0.1) is 5.10 Å². The number of aryl methyl sites for hydroxylation is 2. The molecule has 0 radical (unpaired) electrons. The van der Waals surface area contributed by atoms with Gasteiger partial charge in [-0.05, 0) is 60.9 Å². The highest BCUT2D eigenvalue weighted by molar-refractivity contribution is 8.15. The number of anilines is 2. The van der Waals surface area contributed by atoms with Gasteiger partial charge in [0.05, 0.1) is 22.8 Å². The van der Waals surface area contributed by atoms with E-state index >= 15 is 0 Å². The fraction of sp³-hybridized carbons (Fsp3) is 0.179. The van der Waals surface area contributed by atoms with Crippen molar-refractivity contribution in [1.29, 1.82) is 0 Å². The molecule has 5 rings (SSSR count). The lowest BCUT2D eigenvalue weighted by Crippen LogP contribution is -2.31. The standard InChI is InChI=1S/C28H25FN6O2S/c1-3-7-19-11-10-18(2)14-24(19)35-25(36)16-38-28(35)32-27(37)31-23-13-12-20(15-22(23)29)26-30-17-34(33-26)21-8-5-4-6-9-21/h4-6,8-15,17H,3,7,16H2,1-2H3,(H,31,37). The maximum absolute atomic E-state index is 14.9. The number of carbonyl (C=O) groups is 2. The number of hydrogen-bond acceptors (Lipinski definition) is 5. The van der Waals surface area contributed by atoms with Gasteiger partial charge < -0.3 is 5.32 Å². The van der Waals surface area contributed by atoms with E-state index < -0.39 is 11.8 Å². The maximum Gasteiger partial charge on any atom is 0.347 e. The first-order valence-corrected chi connectivity index (χ1v) is 13.1. The zero-order valence-corrected chi connectivity index (χ0v) is 21.7. The molecule has 0 saturated carbocycles. The number of nitrogens with zero attached hydrogens (tertiary/aromatic N) is 5. The molecule has 1 saturated heterocycles. The van der Waals surface area contributed by atoms with Gasteiger partial charge in [0.1, 0.15) is 12.1 Å². The number of hydrogen-bond donors (Lipinski definition) is 1. The fourth-order valence-electron chi connectivity index (χ4n) is 4.13. The van der Waals surface area contributed by atoms with E-state index in [-0.39, 0.29) is 22.5 Å². The second-order valence-corrected chi connectivity index (χ2v) is 9.71. The van der Waals surface area contributed by atoms with E-state index in [2.05, 4.69) is 27.3 Å². The number of nitrogens with one attached hydrogen (secondary N) is 1. The third kappa shape index (κ3) is 5.35. The van der Waals surface area contributed by atoms with Crippen LogP contribution in [0.4, 0.5) is 20.6 Å². The third-order valence-electron chi connectivity index (χ3n) is 5.95. The minimum Gasteiger partial charge on any atom is -0.303 e. The molecule has 2 heterocycles. The van der Waals surface area contributed by atoms with Gasteiger partial charge in [-0.2, -0.15) is 4.99 Å². The summed E-state index contributed by atoms with van der Waals surface area (Å²) in [6.45, 7) is 4.02. The lowest BCUT2D eigenvalue weighted by molar-refractivity contribution is -0.115. The van der Waals surface area contributed by atoms with Crippen LogP contribution in [0.25, 0.3) is 17.1 Å². The Morgan fingerprint density at radius 2 is 1.95 bits per heavy atom. The first-order valence-electron chi connectivity index (χ1n) is 12.1. The molecule has 0 atom stereocenters. The van der Waals surface area contributed by atoms with Crippen LogP contribution in [0.15, 0.2) is 78.0 Å². The van der Waals surface area contributed by atoms with Crippen molar-refractivity contribution < 1.29 is 14.0 Å². The Hall–Kier alpha value is -4.31. The van der Waals surface area contributed by atoms with Crippen LogP contribution in [0.2, 0.25) is 0 Å². The number of aliphatic imine (C=N–C) groups is 1. The number of rotatable bonds is 6. The molecule has 0 bridgehead atoms. The lowest BCUT2D eigenvalue weighted by Gasteiger charge is -2.20. The number of benzene rings is 3. The Kier molecular flexibility index (Phi) is 7.32. The maximum atomic E-state index is 14.9. The van der Waals surface area contributed by atoms with E-state index in [0.717, 1.165) is 35.3 Å². The molecule has 10 heteroatoms. The van der Waals surface area contributed by atoms with Crippen molar-refractivity contribution in [3.63, 3.8) is 0 Å². The van der Waals surface area contributed by atoms with Crippen LogP contribution >= 0.6 is 11.8 Å². The number of urea groups is 1. The zero-order chi connectivity index (χ0) is 26.6. The van der Waals surface area contributed by atoms with Gasteiger partial charge in [0.25, 0.3) is 0 Å². The Morgan fingerprint density at radius 3 is 2.71 bits per heavy atom. The first kappa shape index (κ1) is 25.3. The Labute approximate surface area is 223 Å². The molecular formula is C28H25FN6O2S. The molecule has 3 amide bonds. The van der Waals surface area contributed by atoms with Crippen LogP contribution < -0.4 is 10.2 Å². The second kappa shape index (κ2) is 11.0. The lowest BCUT2D eigenvalue weighted by atomic mass is 10.0. The Morgan fingerprint density at radius 1 is 1.13 bits per heavy atom. The highest BCUT2D eigenvalue weighted by Crippen LogP contribution is 2.31. The largest absolute Gasteiger partial charge is 0.347 e. The molecular weight excluding hydrogens is 503 g/mol. The van der Waals surface area contributed by atoms with Gasteiger partial charge in [-0.1, -0.05) is 55.4 Å². The van der Waals surface area contributed by atoms with Crippen LogP contribution in [0.3, 0.4) is 0 Å². The van der Waals surface area contributed by atoms with E-state index in [1.807, 2.05) is 55.5 Å². The minimum atomic E-state index is -0.768. The van der Waals surface area contributed by atoms with Crippen LogP contribution in [0, 0.1) is 12.7 Å². The highest BCUT2D eigenvalue weighted by atomic mass is 32.2. The molecule has 192 valence electrons. The van der Waals surface area contributed by atoms with E-state index in [4.69, 9.17) is 0 Å². The quantitative estimate of drug-likeness (QED) is 0.331. The molecule has 0 aliphatic carbocycles. The molecule has 38 heavy (non-hydrogen) atoms. The van der Waals surface area contributed by atoms with E-state index in [1.165, 1.54) is 28.8 Å². The van der Waals surface area contributed by atoms with E-state index in [9.17, 15) is 14.0 Å². The Bertz CT molecular complexity index is 1540. The minimum absolute atomic E-state index is 0.0336. The molecule has 1 aliphatic rings. The van der Waals surface area contributed by atoms with Gasteiger partial charge >= 0.3 is 6.03 Å². The van der Waals surface area contributed by atoms with Gasteiger partial charge in [0, 0.05) is 5.56 Å². The molecule has 1 aliphatic heterocycles. The summed E-state index contributed by atoms with van der Waals surface area (Å²) in [5.74, 6) is -0.272. The molecule has 1 N–H and O–H groups in total.